The zero-order valence-electron chi connectivity index (χ0n) is 19.4. The van der Waals surface area contributed by atoms with E-state index < -0.39 is 17.8 Å². The van der Waals surface area contributed by atoms with Gasteiger partial charge in [0.05, 0.1) is 22.9 Å². The highest BCUT2D eigenvalue weighted by Gasteiger charge is 2.32. The van der Waals surface area contributed by atoms with Crippen LogP contribution in [0.4, 0.5) is 13.2 Å². The summed E-state index contributed by atoms with van der Waals surface area (Å²) in [5, 5.41) is 13.9. The van der Waals surface area contributed by atoms with Gasteiger partial charge in [-0.1, -0.05) is 43.7 Å². The van der Waals surface area contributed by atoms with Crippen molar-refractivity contribution in [3.8, 4) is 11.3 Å². The van der Waals surface area contributed by atoms with Gasteiger partial charge in [-0.2, -0.15) is 13.2 Å². The molecule has 2 saturated carbocycles. The second-order valence-electron chi connectivity index (χ2n) is 9.75. The van der Waals surface area contributed by atoms with E-state index in [0.29, 0.717) is 29.9 Å². The highest BCUT2D eigenvalue weighted by molar-refractivity contribution is 6.33. The van der Waals surface area contributed by atoms with Crippen molar-refractivity contribution in [2.45, 2.75) is 89.6 Å². The number of nitrogens with zero attached hydrogens (tertiary/aromatic N) is 1. The molecule has 0 aliphatic heterocycles. The minimum atomic E-state index is -4.51. The molecule has 1 aromatic heterocycles. The monoisotopic (exact) mass is 496 g/mol. The SMILES string of the molecule is Cc1c(C(=O)NC2CCCCC2)cc(-c2cc(C(F)(F)F)ccc2Cl)n1C[C@@H]1CCCC[C@@H]1O. The van der Waals surface area contributed by atoms with Crippen molar-refractivity contribution in [3.05, 3.63) is 46.1 Å². The number of hydrogen-bond acceptors (Lipinski definition) is 2. The number of benzene rings is 1. The van der Waals surface area contributed by atoms with Gasteiger partial charge in [0.1, 0.15) is 0 Å². The minimum absolute atomic E-state index is 0.0302. The summed E-state index contributed by atoms with van der Waals surface area (Å²) < 4.78 is 42.3. The average Bonchev–Trinajstić information content (AvgIpc) is 3.11. The van der Waals surface area contributed by atoms with E-state index in [2.05, 4.69) is 5.32 Å². The van der Waals surface area contributed by atoms with Gasteiger partial charge in [-0.15, -0.1) is 0 Å². The van der Waals surface area contributed by atoms with Gasteiger partial charge in [0.15, 0.2) is 0 Å². The van der Waals surface area contributed by atoms with Crippen molar-refractivity contribution < 1.29 is 23.1 Å². The Morgan fingerprint density at radius 2 is 1.76 bits per heavy atom. The first-order chi connectivity index (χ1) is 16.1. The highest BCUT2D eigenvalue weighted by atomic mass is 35.5. The van der Waals surface area contributed by atoms with Gasteiger partial charge in [-0.25, -0.2) is 0 Å². The lowest BCUT2D eigenvalue weighted by molar-refractivity contribution is -0.137. The largest absolute Gasteiger partial charge is 0.416 e. The molecule has 1 amide bonds. The van der Waals surface area contributed by atoms with E-state index in [1.165, 1.54) is 12.5 Å². The molecule has 186 valence electrons. The summed E-state index contributed by atoms with van der Waals surface area (Å²) in [5.74, 6) is -0.242. The molecule has 0 unspecified atom stereocenters. The number of nitrogens with one attached hydrogen (secondary N) is 1. The van der Waals surface area contributed by atoms with Crippen LogP contribution < -0.4 is 5.32 Å². The summed E-state index contributed by atoms with van der Waals surface area (Å²) in [6.07, 6.45) is 3.72. The zero-order chi connectivity index (χ0) is 24.5. The van der Waals surface area contributed by atoms with Gasteiger partial charge in [0.2, 0.25) is 0 Å². The lowest BCUT2D eigenvalue weighted by Crippen LogP contribution is -2.36. The van der Waals surface area contributed by atoms with Crippen LogP contribution in [0.1, 0.15) is 79.4 Å². The normalized spacial score (nSPS) is 22.1. The first kappa shape index (κ1) is 25.1. The second kappa shape index (κ2) is 10.3. The molecule has 2 aromatic rings. The molecule has 0 radical (unpaired) electrons. The number of carbonyl (C=O) groups is 1. The Morgan fingerprint density at radius 3 is 2.44 bits per heavy atom. The Morgan fingerprint density at radius 1 is 1.09 bits per heavy atom. The number of aliphatic hydroxyl groups is 1. The molecule has 0 saturated heterocycles. The van der Waals surface area contributed by atoms with Crippen LogP contribution in [0.15, 0.2) is 24.3 Å². The topological polar surface area (TPSA) is 54.3 Å². The third-order valence-corrected chi connectivity index (χ3v) is 7.74. The van der Waals surface area contributed by atoms with E-state index >= 15 is 0 Å². The van der Waals surface area contributed by atoms with Crippen molar-refractivity contribution in [2.75, 3.05) is 0 Å². The predicted molar refractivity (Wildman–Crippen MR) is 127 cm³/mol. The van der Waals surface area contributed by atoms with Gasteiger partial charge < -0.3 is 15.0 Å². The van der Waals surface area contributed by atoms with E-state index in [1.807, 2.05) is 11.5 Å². The number of hydrogen-bond donors (Lipinski definition) is 2. The number of alkyl halides is 3. The zero-order valence-corrected chi connectivity index (χ0v) is 20.2. The van der Waals surface area contributed by atoms with Gasteiger partial charge in [0.25, 0.3) is 5.91 Å². The molecule has 2 atom stereocenters. The molecule has 1 aromatic carbocycles. The van der Waals surface area contributed by atoms with Crippen LogP contribution in [-0.4, -0.2) is 27.7 Å². The fraction of sp³-hybridized carbons (Fsp3) is 0.577. The van der Waals surface area contributed by atoms with Crippen LogP contribution in [0.25, 0.3) is 11.3 Å². The Hall–Kier alpha value is -1.99. The van der Waals surface area contributed by atoms with Gasteiger partial charge in [-0.3, -0.25) is 4.79 Å². The van der Waals surface area contributed by atoms with Crippen LogP contribution in [0.5, 0.6) is 0 Å². The van der Waals surface area contributed by atoms with Crippen molar-refractivity contribution >= 4 is 17.5 Å². The fourth-order valence-electron chi connectivity index (χ4n) is 5.38. The summed E-state index contributed by atoms with van der Waals surface area (Å²) >= 11 is 6.39. The van der Waals surface area contributed by atoms with E-state index in [4.69, 9.17) is 11.6 Å². The molecule has 34 heavy (non-hydrogen) atoms. The molecular formula is C26H32ClF3N2O2. The summed E-state index contributed by atoms with van der Waals surface area (Å²) in [7, 11) is 0. The summed E-state index contributed by atoms with van der Waals surface area (Å²) in [6.45, 7) is 2.24. The molecule has 2 aliphatic carbocycles. The van der Waals surface area contributed by atoms with Crippen LogP contribution >= 0.6 is 11.6 Å². The van der Waals surface area contributed by atoms with Crippen LogP contribution in [0.2, 0.25) is 5.02 Å². The maximum Gasteiger partial charge on any atom is 0.416 e. The smallest absolute Gasteiger partial charge is 0.393 e. The molecule has 2 aliphatic rings. The molecule has 2 fully saturated rings. The van der Waals surface area contributed by atoms with Crippen molar-refractivity contribution in [1.29, 1.82) is 0 Å². The fourth-order valence-corrected chi connectivity index (χ4v) is 5.59. The lowest BCUT2D eigenvalue weighted by Gasteiger charge is -2.29. The number of amides is 1. The first-order valence-corrected chi connectivity index (χ1v) is 12.6. The maximum atomic E-state index is 13.5. The maximum absolute atomic E-state index is 13.5. The molecule has 0 spiro atoms. The van der Waals surface area contributed by atoms with E-state index in [1.54, 1.807) is 6.07 Å². The number of aliphatic hydroxyl groups excluding tert-OH is 1. The Labute approximate surface area is 203 Å². The van der Waals surface area contributed by atoms with Gasteiger partial charge >= 0.3 is 6.18 Å². The summed E-state index contributed by atoms with van der Waals surface area (Å²) in [6, 6.07) is 5.04. The Bertz CT molecular complexity index is 1030. The Kier molecular flexibility index (Phi) is 7.63. The molecular weight excluding hydrogens is 465 g/mol. The molecule has 4 nitrogen and oxygen atoms in total. The highest BCUT2D eigenvalue weighted by Crippen LogP contribution is 2.38. The lowest BCUT2D eigenvalue weighted by atomic mass is 9.86. The molecule has 1 heterocycles. The first-order valence-electron chi connectivity index (χ1n) is 12.2. The molecule has 4 rings (SSSR count). The standard InChI is InChI=1S/C26H32ClF3N2O2/c1-16-20(25(34)31-19-8-3-2-4-9-19)14-23(32(16)15-17-7-5-6-10-24(17)33)21-13-18(26(28,29)30)11-12-22(21)27/h11-14,17,19,24,33H,2-10,15H2,1H3,(H,31,34)/t17-,24-/m0/s1. The van der Waals surface area contributed by atoms with E-state index in [9.17, 15) is 23.1 Å². The van der Waals surface area contributed by atoms with Crippen molar-refractivity contribution in [3.63, 3.8) is 0 Å². The van der Waals surface area contributed by atoms with E-state index in [0.717, 1.165) is 57.1 Å². The number of aromatic nitrogens is 1. The van der Waals surface area contributed by atoms with E-state index in [-0.39, 0.29) is 28.5 Å². The van der Waals surface area contributed by atoms with Crippen LogP contribution in [-0.2, 0) is 12.7 Å². The third-order valence-electron chi connectivity index (χ3n) is 7.41. The van der Waals surface area contributed by atoms with Crippen molar-refractivity contribution in [2.24, 2.45) is 5.92 Å². The predicted octanol–water partition coefficient (Wildman–Crippen LogP) is 6.75. The molecule has 2 N–H and O–H groups in total. The third kappa shape index (κ3) is 5.46. The number of carbonyl (C=O) groups excluding carboxylic acids is 1. The number of halogens is 4. The van der Waals surface area contributed by atoms with Crippen molar-refractivity contribution in [1.82, 2.24) is 9.88 Å². The summed E-state index contributed by atoms with van der Waals surface area (Å²) in [5.41, 5.74) is 1.04. The van der Waals surface area contributed by atoms with Gasteiger partial charge in [0, 0.05) is 34.8 Å². The van der Waals surface area contributed by atoms with Crippen LogP contribution in [0.3, 0.4) is 0 Å². The molecule has 0 bridgehead atoms. The quantitative estimate of drug-likeness (QED) is 0.481. The minimum Gasteiger partial charge on any atom is -0.393 e. The van der Waals surface area contributed by atoms with Gasteiger partial charge in [-0.05, 0) is 56.9 Å². The number of rotatable bonds is 5. The summed E-state index contributed by atoms with van der Waals surface area (Å²) in [4.78, 5) is 13.2. The second-order valence-corrected chi connectivity index (χ2v) is 10.2. The van der Waals surface area contributed by atoms with Crippen LogP contribution in [0, 0.1) is 12.8 Å². The average molecular weight is 497 g/mol. The Balaban J connectivity index is 1.75. The molecule has 8 heteroatoms.